The van der Waals surface area contributed by atoms with Crippen LogP contribution in [0.25, 0.3) is 0 Å². The fourth-order valence-corrected chi connectivity index (χ4v) is 11.4. The topological polar surface area (TPSA) is 92.7 Å². The van der Waals surface area contributed by atoms with Crippen molar-refractivity contribution in [1.82, 2.24) is 4.72 Å². The molecule has 0 saturated carbocycles. The Hall–Kier alpha value is -2.35. The molecule has 0 unspecified atom stereocenters. The Morgan fingerprint density at radius 2 is 1.43 bits per heavy atom. The van der Waals surface area contributed by atoms with Crippen molar-refractivity contribution >= 4 is 24.2 Å². The molecule has 6 nitrogen and oxygen atoms in total. The molecule has 0 saturated heterocycles. The number of aryl methyl sites for hydroxylation is 1. The molecule has 2 rings (SSSR count). The summed E-state index contributed by atoms with van der Waals surface area (Å²) in [6.45, 7) is 16.2. The Balaban J connectivity index is 2.43. The van der Waals surface area contributed by atoms with E-state index in [1.54, 1.807) is 18.2 Å². The average molecular weight is 545 g/mol. The first-order valence-electron chi connectivity index (χ1n) is 12.9. The molecule has 37 heavy (non-hydrogen) atoms. The lowest BCUT2D eigenvalue weighted by molar-refractivity contribution is -0.125. The van der Waals surface area contributed by atoms with Crippen LogP contribution in [0.2, 0.25) is 16.6 Å². The lowest BCUT2D eigenvalue weighted by Crippen LogP contribution is -2.53. The van der Waals surface area contributed by atoms with Gasteiger partial charge in [-0.15, -0.1) is 0 Å². The molecule has 3 atom stereocenters. The van der Waals surface area contributed by atoms with Gasteiger partial charge in [0.25, 0.3) is 16.1 Å². The highest BCUT2D eigenvalue weighted by Gasteiger charge is 2.50. The van der Waals surface area contributed by atoms with Crippen molar-refractivity contribution < 1.29 is 22.7 Å². The second-order valence-electron chi connectivity index (χ2n) is 10.6. The largest absolute Gasteiger partial charge is 0.388 e. The minimum Gasteiger partial charge on any atom is -0.388 e. The monoisotopic (exact) mass is 544 g/mol. The van der Waals surface area contributed by atoms with Crippen LogP contribution in [-0.4, -0.2) is 33.9 Å². The summed E-state index contributed by atoms with van der Waals surface area (Å²) in [4.78, 5) is 13.5. The zero-order valence-electron chi connectivity index (χ0n) is 23.2. The fourth-order valence-electron chi connectivity index (χ4n) is 5.02. The maximum atomic E-state index is 13.5. The number of hydrogen-bond acceptors (Lipinski definition) is 5. The minimum absolute atomic E-state index is 0.00198. The third-order valence-electron chi connectivity index (χ3n) is 6.98. The van der Waals surface area contributed by atoms with E-state index in [0.717, 1.165) is 11.1 Å². The second-order valence-corrected chi connectivity index (χ2v) is 17.7. The van der Waals surface area contributed by atoms with E-state index in [0.29, 0.717) is 0 Å². The second kappa shape index (κ2) is 12.9. The van der Waals surface area contributed by atoms with Gasteiger partial charge in [0.05, 0.1) is 16.9 Å². The highest BCUT2D eigenvalue weighted by atomic mass is 32.2. The van der Waals surface area contributed by atoms with Gasteiger partial charge in [0, 0.05) is 0 Å². The van der Waals surface area contributed by atoms with Gasteiger partial charge in [0.1, 0.15) is 0 Å². The smallest absolute Gasteiger partial charge is 0.347 e. The van der Waals surface area contributed by atoms with Crippen LogP contribution in [0, 0.1) is 18.9 Å². The Kier molecular flexibility index (Phi) is 10.8. The highest BCUT2D eigenvalue weighted by Crippen LogP contribution is 2.43. The molecule has 0 heterocycles. The molecular weight excluding hydrogens is 502 g/mol. The van der Waals surface area contributed by atoms with Crippen LogP contribution in [0.3, 0.4) is 0 Å². The highest BCUT2D eigenvalue weighted by molar-refractivity contribution is 7.90. The van der Waals surface area contributed by atoms with E-state index in [9.17, 15) is 18.3 Å². The molecule has 0 aliphatic carbocycles. The molecule has 0 radical (unpaired) electrons. The number of rotatable bonds is 12. The summed E-state index contributed by atoms with van der Waals surface area (Å²) >= 11 is 0. The van der Waals surface area contributed by atoms with Gasteiger partial charge in [-0.25, -0.2) is 13.1 Å². The van der Waals surface area contributed by atoms with Gasteiger partial charge in [-0.05, 0) is 41.2 Å². The first-order valence-corrected chi connectivity index (χ1v) is 16.5. The van der Waals surface area contributed by atoms with Gasteiger partial charge in [-0.2, -0.15) is 0 Å². The van der Waals surface area contributed by atoms with Crippen molar-refractivity contribution in [2.75, 3.05) is 0 Å². The predicted molar refractivity (Wildman–Crippen MR) is 151 cm³/mol. The van der Waals surface area contributed by atoms with Crippen molar-refractivity contribution in [3.8, 4) is 0 Å². The molecular formula is C29H42NO5SSi+. The van der Waals surface area contributed by atoms with Gasteiger partial charge < -0.3 is 9.53 Å². The summed E-state index contributed by atoms with van der Waals surface area (Å²) in [6.07, 6.45) is 2.58. The van der Waals surface area contributed by atoms with Gasteiger partial charge in [-0.1, -0.05) is 96.5 Å². The SMILES string of the molecule is Cc1ccc(S(=O)(=O)NC(=O)[C@@H]([C+]=C[C@H](C)[C@@H](O)c2ccccc2)O[Si](C(C)C)(C(C)C)C(C)C)cc1. The number of benzene rings is 2. The number of nitrogens with one attached hydrogen (secondary N) is 1. The number of sulfonamides is 1. The van der Waals surface area contributed by atoms with E-state index >= 15 is 0 Å². The molecule has 2 aromatic carbocycles. The van der Waals surface area contributed by atoms with Crippen molar-refractivity contribution in [1.29, 1.82) is 0 Å². The molecule has 202 valence electrons. The van der Waals surface area contributed by atoms with Crippen LogP contribution >= 0.6 is 0 Å². The van der Waals surface area contributed by atoms with Crippen LogP contribution in [0.5, 0.6) is 0 Å². The summed E-state index contributed by atoms with van der Waals surface area (Å²) in [5.41, 5.74) is 2.17. The van der Waals surface area contributed by atoms with E-state index in [1.165, 1.54) is 12.1 Å². The van der Waals surface area contributed by atoms with E-state index in [2.05, 4.69) is 52.3 Å². The molecule has 0 bridgehead atoms. The van der Waals surface area contributed by atoms with Crippen molar-refractivity contribution in [2.45, 2.75) is 89.1 Å². The number of amides is 1. The summed E-state index contributed by atoms with van der Waals surface area (Å²) in [7, 11) is -6.68. The quantitative estimate of drug-likeness (QED) is 0.249. The average Bonchev–Trinajstić information content (AvgIpc) is 2.83. The summed E-state index contributed by atoms with van der Waals surface area (Å²) in [5.74, 6) is -1.18. The Bertz CT molecular complexity index is 1120. The summed E-state index contributed by atoms with van der Waals surface area (Å²) < 4.78 is 34.9. The standard InChI is InChI=1S/C29H41NO5SSi/c1-20(2)37(21(3)4,22(5)6)35-27(19-16-24(8)28(31)25-12-10-9-11-13-25)29(32)30-36(33,34)26-17-14-23(7)15-18-26/h9-18,20-22,24,27-28,31H,1-8H3/p+1/t24-,27+,28+/m0/s1. The third kappa shape index (κ3) is 7.59. The number of aliphatic hydroxyl groups is 1. The molecule has 0 spiro atoms. The Morgan fingerprint density at radius 3 is 1.92 bits per heavy atom. The predicted octanol–water partition coefficient (Wildman–Crippen LogP) is 6.09. The van der Waals surface area contributed by atoms with E-state index in [-0.39, 0.29) is 27.4 Å². The van der Waals surface area contributed by atoms with Crippen LogP contribution in [0.15, 0.2) is 65.6 Å². The molecule has 0 fully saturated rings. The van der Waals surface area contributed by atoms with Crippen LogP contribution < -0.4 is 4.72 Å². The Labute approximate surface area is 224 Å². The number of hydrogen-bond donors (Lipinski definition) is 2. The third-order valence-corrected chi connectivity index (χ3v) is 14.4. The molecule has 8 heteroatoms. The van der Waals surface area contributed by atoms with E-state index < -0.39 is 36.5 Å². The fraction of sp³-hybridized carbons (Fsp3) is 0.483. The first-order chi connectivity index (χ1) is 17.2. The van der Waals surface area contributed by atoms with Gasteiger partial charge in [0.2, 0.25) is 8.32 Å². The Morgan fingerprint density at radius 1 is 0.919 bits per heavy atom. The maximum Gasteiger partial charge on any atom is 0.347 e. The lowest BCUT2D eigenvalue weighted by atomic mass is 9.96. The molecule has 2 aromatic rings. The van der Waals surface area contributed by atoms with Gasteiger partial charge in [0.15, 0.2) is 6.08 Å². The van der Waals surface area contributed by atoms with Crippen LogP contribution in [-0.2, 0) is 19.2 Å². The van der Waals surface area contributed by atoms with Crippen molar-refractivity contribution in [3.63, 3.8) is 0 Å². The zero-order valence-corrected chi connectivity index (χ0v) is 25.0. The van der Waals surface area contributed by atoms with Crippen LogP contribution in [0.4, 0.5) is 0 Å². The minimum atomic E-state index is -4.10. The van der Waals surface area contributed by atoms with Crippen LogP contribution in [0.1, 0.15) is 65.7 Å². The number of aliphatic hydroxyl groups excluding tert-OH is 1. The summed E-state index contributed by atoms with van der Waals surface area (Å²) in [6, 6.07) is 15.5. The summed E-state index contributed by atoms with van der Waals surface area (Å²) in [5, 5.41) is 10.8. The van der Waals surface area contributed by atoms with Crippen molar-refractivity contribution in [2.24, 2.45) is 5.92 Å². The molecule has 0 aliphatic rings. The first kappa shape index (κ1) is 30.9. The van der Waals surface area contributed by atoms with Crippen molar-refractivity contribution in [3.05, 3.63) is 77.9 Å². The van der Waals surface area contributed by atoms with E-state index in [1.807, 2.05) is 44.2 Å². The number of carbonyl (C=O) groups is 1. The molecule has 2 N–H and O–H groups in total. The van der Waals surface area contributed by atoms with Gasteiger partial charge >= 0.3 is 12.0 Å². The lowest BCUT2D eigenvalue weighted by Gasteiger charge is -2.41. The zero-order chi connectivity index (χ0) is 28.0. The molecule has 0 aromatic heterocycles. The molecule has 0 aliphatic heterocycles. The number of carbonyl (C=O) groups excluding carboxylic acids is 1. The van der Waals surface area contributed by atoms with E-state index in [4.69, 9.17) is 4.43 Å². The maximum absolute atomic E-state index is 13.5. The molecule has 1 amide bonds. The van der Waals surface area contributed by atoms with Gasteiger partial charge in [-0.3, -0.25) is 4.79 Å². The normalized spacial score (nSPS) is 15.1.